The fraction of sp³-hybridized carbons (Fsp3) is 0.600. The molecule has 2 aliphatic rings. The van der Waals surface area contributed by atoms with Crippen molar-refractivity contribution in [1.82, 2.24) is 9.58 Å². The van der Waals surface area contributed by atoms with Crippen LogP contribution in [0.2, 0.25) is 0 Å². The quantitative estimate of drug-likeness (QED) is 0.787. The highest BCUT2D eigenvalue weighted by atomic mass is 79.9. The minimum atomic E-state index is -0.905. The number of nitrogens with zero attached hydrogens (tertiary/aromatic N) is 3. The monoisotopic (exact) mass is 401 g/mol. The first kappa shape index (κ1) is 17.2. The van der Waals surface area contributed by atoms with Gasteiger partial charge in [-0.05, 0) is 29.8 Å². The van der Waals surface area contributed by atoms with Gasteiger partial charge in [-0.1, -0.05) is 0 Å². The third kappa shape index (κ3) is 1.98. The molecule has 2 aliphatic heterocycles. The number of aliphatic hydroxyl groups is 1. The van der Waals surface area contributed by atoms with Crippen LogP contribution in [0.4, 0.5) is 0 Å². The molecule has 1 N–H and O–H groups in total. The van der Waals surface area contributed by atoms with E-state index >= 15 is 0 Å². The van der Waals surface area contributed by atoms with Crippen molar-refractivity contribution in [3.8, 4) is 5.75 Å². The maximum atomic E-state index is 13.1. The summed E-state index contributed by atoms with van der Waals surface area (Å²) in [5, 5.41) is 12.4. The van der Waals surface area contributed by atoms with Gasteiger partial charge in [0.2, 0.25) is 5.43 Å². The van der Waals surface area contributed by atoms with Gasteiger partial charge in [0.1, 0.15) is 6.10 Å². The zero-order valence-corrected chi connectivity index (χ0v) is 15.6. The normalized spacial score (nSPS) is 25.2. The number of methoxy groups -OCH3 is 2. The maximum Gasteiger partial charge on any atom is 0.278 e. The number of aliphatic hydroxyl groups excluding tert-OH is 1. The highest BCUT2D eigenvalue weighted by Crippen LogP contribution is 2.40. The topological polar surface area (TPSA) is 84.2 Å². The van der Waals surface area contributed by atoms with Crippen LogP contribution in [0.5, 0.6) is 5.75 Å². The van der Waals surface area contributed by atoms with E-state index < -0.39 is 17.2 Å². The summed E-state index contributed by atoms with van der Waals surface area (Å²) < 4.78 is 12.4. The number of aromatic nitrogens is 1. The number of rotatable bonds is 4. The average molecular weight is 402 g/mol. The van der Waals surface area contributed by atoms with E-state index in [1.54, 1.807) is 16.7 Å². The van der Waals surface area contributed by atoms with Crippen molar-refractivity contribution < 1.29 is 19.4 Å². The number of pyridine rings is 1. The van der Waals surface area contributed by atoms with Gasteiger partial charge in [0.25, 0.3) is 5.91 Å². The van der Waals surface area contributed by atoms with Crippen LogP contribution in [0.3, 0.4) is 0 Å². The number of ether oxygens (including phenoxy) is 2. The van der Waals surface area contributed by atoms with E-state index in [1.807, 2.05) is 18.9 Å². The molecule has 2 unspecified atom stereocenters. The van der Waals surface area contributed by atoms with E-state index in [1.165, 1.54) is 7.11 Å². The molecule has 1 amide bonds. The lowest BCUT2D eigenvalue weighted by Gasteiger charge is -2.51. The van der Waals surface area contributed by atoms with Gasteiger partial charge in [-0.15, -0.1) is 0 Å². The van der Waals surface area contributed by atoms with Crippen molar-refractivity contribution in [2.45, 2.75) is 25.6 Å². The van der Waals surface area contributed by atoms with Gasteiger partial charge in [0.15, 0.2) is 17.1 Å². The zero-order chi connectivity index (χ0) is 17.8. The first-order chi connectivity index (χ1) is 11.3. The Morgan fingerprint density at radius 3 is 2.58 bits per heavy atom. The lowest BCUT2D eigenvalue weighted by molar-refractivity contribution is -0.00111. The zero-order valence-electron chi connectivity index (χ0n) is 14.0. The van der Waals surface area contributed by atoms with Crippen molar-refractivity contribution in [3.05, 3.63) is 26.1 Å². The molecule has 0 radical (unpaired) electrons. The van der Waals surface area contributed by atoms with Gasteiger partial charge in [0.05, 0.1) is 30.4 Å². The van der Waals surface area contributed by atoms with Gasteiger partial charge >= 0.3 is 0 Å². The highest BCUT2D eigenvalue weighted by Gasteiger charge is 2.53. The van der Waals surface area contributed by atoms with E-state index in [2.05, 4.69) is 15.9 Å². The molecule has 0 bridgehead atoms. The van der Waals surface area contributed by atoms with Crippen molar-refractivity contribution in [3.63, 3.8) is 0 Å². The second-order valence-corrected chi connectivity index (χ2v) is 6.81. The molecule has 8 nitrogen and oxygen atoms in total. The summed E-state index contributed by atoms with van der Waals surface area (Å²) in [7, 11) is 2.92. The molecule has 1 aromatic rings. The molecule has 2 atom stereocenters. The molecular weight excluding hydrogens is 382 g/mol. The van der Waals surface area contributed by atoms with Crippen molar-refractivity contribution in [2.24, 2.45) is 0 Å². The van der Waals surface area contributed by atoms with Crippen LogP contribution in [0, 0.1) is 0 Å². The molecule has 3 heterocycles. The minimum Gasteiger partial charge on any atom is -0.491 e. The third-order valence-corrected chi connectivity index (χ3v) is 5.48. The molecule has 0 spiro atoms. The first-order valence-corrected chi connectivity index (χ1v) is 8.42. The smallest absolute Gasteiger partial charge is 0.278 e. The number of carbonyl (C=O) groups excluding carboxylic acids is 1. The van der Waals surface area contributed by atoms with Crippen molar-refractivity contribution in [1.29, 1.82) is 0 Å². The summed E-state index contributed by atoms with van der Waals surface area (Å²) in [6.45, 7) is 4.65. The molecule has 0 saturated heterocycles. The first-order valence-electron chi connectivity index (χ1n) is 7.62. The van der Waals surface area contributed by atoms with Crippen LogP contribution in [-0.2, 0) is 4.74 Å². The minimum absolute atomic E-state index is 0.0346. The Bertz CT molecular complexity index is 764. The Hall–Kier alpha value is -1.58. The molecule has 132 valence electrons. The summed E-state index contributed by atoms with van der Waals surface area (Å²) in [5.74, 6) is -0.363. The van der Waals surface area contributed by atoms with Crippen LogP contribution in [0.25, 0.3) is 0 Å². The van der Waals surface area contributed by atoms with E-state index in [-0.39, 0.29) is 35.0 Å². The Morgan fingerprint density at radius 1 is 1.38 bits per heavy atom. The largest absolute Gasteiger partial charge is 0.491 e. The lowest BCUT2D eigenvalue weighted by Crippen LogP contribution is -2.70. The van der Waals surface area contributed by atoms with E-state index in [0.717, 1.165) is 0 Å². The number of hydrogen-bond donors (Lipinski definition) is 1. The Morgan fingerprint density at radius 2 is 2.04 bits per heavy atom. The number of amides is 1. The Labute approximate surface area is 147 Å². The van der Waals surface area contributed by atoms with Crippen LogP contribution in [0.1, 0.15) is 36.1 Å². The second kappa shape index (κ2) is 5.75. The van der Waals surface area contributed by atoms with E-state index in [4.69, 9.17) is 9.47 Å². The summed E-state index contributed by atoms with van der Waals surface area (Å²) >= 11 is 3.25. The van der Waals surface area contributed by atoms with Crippen LogP contribution >= 0.6 is 15.9 Å². The number of halogens is 1. The Balaban J connectivity index is 2.39. The van der Waals surface area contributed by atoms with Crippen LogP contribution in [-0.4, -0.2) is 60.2 Å². The molecule has 0 aliphatic carbocycles. The summed E-state index contributed by atoms with van der Waals surface area (Å²) in [4.78, 5) is 27.3. The predicted molar refractivity (Wildman–Crippen MR) is 90.0 cm³/mol. The number of hydrogen-bond acceptors (Lipinski definition) is 6. The molecule has 0 saturated carbocycles. The predicted octanol–water partition coefficient (Wildman–Crippen LogP) is 0.443. The Kier molecular flexibility index (Phi) is 4.13. The number of likely N-dealkylation sites (N-methyl/N-ethyl adjacent to an activating group) is 1. The highest BCUT2D eigenvalue weighted by molar-refractivity contribution is 9.10. The molecule has 24 heavy (non-hydrogen) atoms. The molecule has 9 heteroatoms. The molecule has 3 rings (SSSR count). The molecule has 0 fully saturated rings. The average Bonchev–Trinajstić information content (AvgIpc) is 2.88. The van der Waals surface area contributed by atoms with Gasteiger partial charge in [-0.3, -0.25) is 14.6 Å². The van der Waals surface area contributed by atoms with Crippen molar-refractivity contribution in [2.75, 3.05) is 38.9 Å². The maximum absolute atomic E-state index is 13.1. The number of carbonyl (C=O) groups is 1. The molecule has 0 aromatic carbocycles. The fourth-order valence-electron chi connectivity index (χ4n) is 3.69. The fourth-order valence-corrected chi connectivity index (χ4v) is 4.30. The van der Waals surface area contributed by atoms with Gasteiger partial charge in [-0.25, -0.2) is 4.68 Å². The summed E-state index contributed by atoms with van der Waals surface area (Å²) in [6, 6.07) is 0. The molecule has 1 aromatic heterocycles. The van der Waals surface area contributed by atoms with Crippen molar-refractivity contribution >= 4 is 21.8 Å². The van der Waals surface area contributed by atoms with E-state index in [0.29, 0.717) is 12.2 Å². The summed E-state index contributed by atoms with van der Waals surface area (Å²) in [6.07, 6.45) is -0.905. The second-order valence-electron chi connectivity index (χ2n) is 6.02. The van der Waals surface area contributed by atoms with Crippen LogP contribution < -0.4 is 15.2 Å². The van der Waals surface area contributed by atoms with Crippen LogP contribution in [0.15, 0.2) is 9.27 Å². The van der Waals surface area contributed by atoms with Gasteiger partial charge < -0.3 is 19.5 Å². The lowest BCUT2D eigenvalue weighted by atomic mass is 10.1. The SMILES string of the molecule is CCN1C(=O)c2c(OC)c(=O)c(Br)c3n2N(CC3O)C1(C)COC. The standard InChI is InChI=1S/C15H20BrN3O5/c1-5-17-14(22)11-13(24-4)12(21)9(16)10-8(20)6-18(19(10)11)15(17,2)7-23-3/h8,20H,5-7H2,1-4H3. The van der Waals surface area contributed by atoms with Gasteiger partial charge in [-0.2, -0.15) is 0 Å². The van der Waals surface area contributed by atoms with E-state index in [9.17, 15) is 14.7 Å². The molecular formula is C15H20BrN3O5. The third-order valence-electron chi connectivity index (χ3n) is 4.71. The summed E-state index contributed by atoms with van der Waals surface area (Å²) in [5.41, 5.74) is -0.742. The van der Waals surface area contributed by atoms with Gasteiger partial charge in [0, 0.05) is 13.7 Å².